The van der Waals surface area contributed by atoms with Gasteiger partial charge in [0.15, 0.2) is 0 Å². The van der Waals surface area contributed by atoms with Crippen LogP contribution in [0.15, 0.2) is 24.3 Å². The number of nitrogens with two attached hydrogens (primary N) is 2. The Morgan fingerprint density at radius 3 is 1.96 bits per heavy atom. The van der Waals surface area contributed by atoms with Gasteiger partial charge in [-0.05, 0) is 68.7 Å². The summed E-state index contributed by atoms with van der Waals surface area (Å²) in [4.78, 5) is 101. The minimum atomic E-state index is -2.27. The molecule has 24 heteroatoms. The molecule has 0 bridgehead atoms. The molecule has 3 aliphatic heterocycles. The first-order valence-electron chi connectivity index (χ1n) is 26.6. The van der Waals surface area contributed by atoms with Crippen molar-refractivity contribution in [3.05, 3.63) is 29.8 Å². The molecule has 2 unspecified atom stereocenters. The van der Waals surface area contributed by atoms with Crippen LogP contribution in [0.25, 0.3) is 0 Å². The molecular weight excluding hydrogens is 979 g/mol. The summed E-state index contributed by atoms with van der Waals surface area (Å²) in [7, 11) is 0. The van der Waals surface area contributed by atoms with Gasteiger partial charge in [-0.15, -0.1) is 0 Å². The fourth-order valence-electron chi connectivity index (χ4n) is 10.1. The predicted molar refractivity (Wildman–Crippen MR) is 272 cm³/mol. The lowest BCUT2D eigenvalue weighted by molar-refractivity contribution is -0.148. The quantitative estimate of drug-likeness (QED) is 0.0551. The molecule has 7 amide bonds. The van der Waals surface area contributed by atoms with Crippen molar-refractivity contribution >= 4 is 41.4 Å². The summed E-state index contributed by atoms with van der Waals surface area (Å²) in [6, 6.07) is -7.74. The Labute approximate surface area is 438 Å². The van der Waals surface area contributed by atoms with Crippen molar-refractivity contribution in [2.24, 2.45) is 23.3 Å². The van der Waals surface area contributed by atoms with E-state index in [2.05, 4.69) is 47.4 Å². The van der Waals surface area contributed by atoms with Gasteiger partial charge in [-0.2, -0.15) is 0 Å². The lowest BCUT2D eigenvalue weighted by Gasteiger charge is -2.35. The Morgan fingerprint density at radius 2 is 1.33 bits per heavy atom. The van der Waals surface area contributed by atoms with E-state index in [4.69, 9.17) is 11.5 Å². The average molecular weight is 1060 g/mol. The highest BCUT2D eigenvalue weighted by Crippen LogP contribution is 2.27. The lowest BCUT2D eigenvalue weighted by atomic mass is 9.91. The van der Waals surface area contributed by atoms with Crippen LogP contribution in [0.3, 0.4) is 0 Å². The Morgan fingerprint density at radius 1 is 0.720 bits per heavy atom. The van der Waals surface area contributed by atoms with E-state index >= 15 is 0 Å². The molecular formula is C51H85N9O15. The number of aliphatic hydroxyl groups excluding tert-OH is 7. The van der Waals surface area contributed by atoms with Gasteiger partial charge in [0.25, 0.3) is 0 Å². The first-order valence-corrected chi connectivity index (χ1v) is 26.6. The minimum Gasteiger partial charge on any atom is -0.508 e. The molecule has 17 N–H and O–H groups in total. The van der Waals surface area contributed by atoms with Gasteiger partial charge >= 0.3 is 0 Å². The van der Waals surface area contributed by atoms with Crippen molar-refractivity contribution in [3.63, 3.8) is 0 Å². The second-order valence-electron chi connectivity index (χ2n) is 20.9. The molecule has 3 heterocycles. The number of aliphatic hydroxyl groups is 7. The number of rotatable bonds is 21. The fraction of sp³-hybridized carbons (Fsp3) is 0.745. The number of fused-ring (bicyclic) bond motifs is 2. The molecule has 75 heavy (non-hydrogen) atoms. The van der Waals surface area contributed by atoms with Crippen LogP contribution in [0.4, 0.5) is 0 Å². The SMILES string of the molecule is CCC(C)CC(C)CCCCCCCCC(=O)N[C@H]1C[C@@H](O)[C@@H](CN)NC(=O)[C@@H]2[C@@H](O)CCN2C(=O)[C@H]([C@H](O)CCN)NC(=O)[C@H]([C@H](O)[C@@H](O)c2ccc(O)cc2)NC(=O)[C@@H]2C[C@@H](O)CN2C(=O)[C@H]([C@@H](C)O)NC1=O. The van der Waals surface area contributed by atoms with E-state index in [0.29, 0.717) is 24.7 Å². The third kappa shape index (κ3) is 17.8. The zero-order valence-electron chi connectivity index (χ0n) is 43.8. The minimum absolute atomic E-state index is 0.0203. The topological polar surface area (TPSA) is 400 Å². The van der Waals surface area contributed by atoms with Gasteiger partial charge in [0, 0.05) is 38.9 Å². The van der Waals surface area contributed by atoms with E-state index in [1.54, 1.807) is 0 Å². The number of phenols is 1. The Hall–Kier alpha value is -5.05. The van der Waals surface area contributed by atoms with E-state index < -0.39 is 152 Å². The van der Waals surface area contributed by atoms with Crippen LogP contribution < -0.4 is 38.1 Å². The fourth-order valence-corrected chi connectivity index (χ4v) is 10.1. The lowest BCUT2D eigenvalue weighted by Crippen LogP contribution is -2.64. The number of amides is 7. The molecule has 3 aliphatic rings. The summed E-state index contributed by atoms with van der Waals surface area (Å²) in [6.07, 6.45) is -5.32. The summed E-state index contributed by atoms with van der Waals surface area (Å²) < 4.78 is 0. The highest BCUT2D eigenvalue weighted by Gasteiger charge is 2.49. The van der Waals surface area contributed by atoms with E-state index in [1.165, 1.54) is 30.7 Å². The van der Waals surface area contributed by atoms with Crippen molar-refractivity contribution in [1.82, 2.24) is 36.4 Å². The van der Waals surface area contributed by atoms with Crippen LogP contribution in [0.1, 0.15) is 129 Å². The number of hydrogen-bond acceptors (Lipinski definition) is 17. The zero-order valence-corrected chi connectivity index (χ0v) is 43.8. The molecule has 1 aromatic carbocycles. The molecule has 0 saturated carbocycles. The van der Waals surface area contributed by atoms with Gasteiger partial charge in [0.05, 0.1) is 36.6 Å². The Balaban J connectivity index is 1.70. The molecule has 3 fully saturated rings. The van der Waals surface area contributed by atoms with E-state index in [1.807, 2.05) is 0 Å². The maximum Gasteiger partial charge on any atom is 0.248 e. The van der Waals surface area contributed by atoms with Crippen LogP contribution in [-0.4, -0.2) is 197 Å². The number of nitrogens with zero attached hydrogens (tertiary/aromatic N) is 2. The highest BCUT2D eigenvalue weighted by atomic mass is 16.3. The number of nitrogens with one attached hydrogen (secondary N) is 5. The average Bonchev–Trinajstić information content (AvgIpc) is 3.97. The summed E-state index contributed by atoms with van der Waals surface area (Å²) >= 11 is 0. The molecule has 3 saturated heterocycles. The molecule has 0 radical (unpaired) electrons. The van der Waals surface area contributed by atoms with Gasteiger partial charge in [0.2, 0.25) is 41.4 Å². The second-order valence-corrected chi connectivity index (χ2v) is 20.9. The summed E-state index contributed by atoms with van der Waals surface area (Å²) in [5.74, 6) is -6.41. The maximum atomic E-state index is 14.5. The summed E-state index contributed by atoms with van der Waals surface area (Å²) in [5.41, 5.74) is 11.7. The monoisotopic (exact) mass is 1060 g/mol. The van der Waals surface area contributed by atoms with Gasteiger partial charge in [-0.1, -0.05) is 77.8 Å². The Bertz CT molecular complexity index is 2040. The van der Waals surface area contributed by atoms with Crippen molar-refractivity contribution in [2.45, 2.75) is 203 Å². The number of aromatic hydroxyl groups is 1. The second kappa shape index (κ2) is 30.0. The van der Waals surface area contributed by atoms with Crippen LogP contribution in [-0.2, 0) is 33.6 Å². The van der Waals surface area contributed by atoms with Crippen molar-refractivity contribution in [1.29, 1.82) is 0 Å². The summed E-state index contributed by atoms with van der Waals surface area (Å²) in [6.45, 7) is 6.33. The smallest absolute Gasteiger partial charge is 0.248 e. The van der Waals surface area contributed by atoms with Crippen molar-refractivity contribution < 1.29 is 74.4 Å². The number of carbonyl (C=O) groups is 7. The first kappa shape index (κ1) is 62.5. The van der Waals surface area contributed by atoms with Gasteiger partial charge in [0.1, 0.15) is 54.2 Å². The molecule has 1 aromatic rings. The van der Waals surface area contributed by atoms with Crippen LogP contribution >= 0.6 is 0 Å². The van der Waals surface area contributed by atoms with Gasteiger partial charge < -0.3 is 88.7 Å². The number of carbonyl (C=O) groups excluding carboxylic acids is 7. The van der Waals surface area contributed by atoms with Gasteiger partial charge in [-0.3, -0.25) is 33.6 Å². The molecule has 24 nitrogen and oxygen atoms in total. The largest absolute Gasteiger partial charge is 0.508 e. The molecule has 0 aromatic heterocycles. The van der Waals surface area contributed by atoms with Crippen LogP contribution in [0, 0.1) is 11.8 Å². The van der Waals surface area contributed by atoms with E-state index in [-0.39, 0.29) is 43.7 Å². The number of benzene rings is 1. The van der Waals surface area contributed by atoms with Crippen LogP contribution in [0.2, 0.25) is 0 Å². The molecule has 16 atom stereocenters. The zero-order chi connectivity index (χ0) is 55.7. The van der Waals surface area contributed by atoms with Gasteiger partial charge in [-0.25, -0.2) is 0 Å². The molecule has 0 spiro atoms. The normalized spacial score (nSPS) is 29.1. The first-order chi connectivity index (χ1) is 35.5. The third-order valence-corrected chi connectivity index (χ3v) is 14.7. The number of phenolic OH excluding ortho intramolecular Hbond substituents is 1. The van der Waals surface area contributed by atoms with Crippen molar-refractivity contribution in [2.75, 3.05) is 26.2 Å². The van der Waals surface area contributed by atoms with E-state index in [0.717, 1.165) is 55.2 Å². The number of hydrogen-bond donors (Lipinski definition) is 15. The maximum absolute atomic E-state index is 14.5. The standard InChI is InChI=1S/C51H85N9O15/c1-5-27(2)22-28(3)12-10-8-6-7-9-11-13-39(67)54-33-24-38(66)34(25-53)55-49(73)43-37(65)19-21-59(43)51(75)41(36(64)18-20-52)57-48(72)42(45(69)44(68)30-14-16-31(62)17-15-30)58-47(71)35-23-32(63)26-60(35)50(74)40(29(4)61)56-46(33)70/h14-17,27-29,32-38,40-45,61-66,68-69H,5-13,18-26,52-53H2,1-4H3,(H,54,67)(H,55,73)(H,56,70)(H,57,72)(H,58,71)/t27?,28?,29-,32-,33+,34-,35+,36-,37+,38-,40+,41+,42+,43+,44+,45+/m1/s1. The highest BCUT2D eigenvalue weighted by molar-refractivity contribution is 5.98. The predicted octanol–water partition coefficient (Wildman–Crippen LogP) is -2.86. The third-order valence-electron chi connectivity index (χ3n) is 14.7. The number of unbranched alkanes of at least 4 members (excludes halogenated alkanes) is 5. The van der Waals surface area contributed by atoms with Crippen molar-refractivity contribution in [3.8, 4) is 5.75 Å². The molecule has 0 aliphatic carbocycles. The molecule has 4 rings (SSSR count). The summed E-state index contributed by atoms with van der Waals surface area (Å²) in [5, 5.41) is 101. The molecule has 424 valence electrons. The Kier molecular flexibility index (Phi) is 25.0. The van der Waals surface area contributed by atoms with Crippen LogP contribution in [0.5, 0.6) is 5.75 Å². The van der Waals surface area contributed by atoms with E-state index in [9.17, 15) is 74.4 Å².